The number of rotatable bonds is 3. The maximum Gasteiger partial charge on any atom is 0.435 e. The van der Waals surface area contributed by atoms with Gasteiger partial charge in [-0.1, -0.05) is 36.0 Å². The number of H-pyrrole nitrogens is 1. The molecule has 1 N–H and O–H groups in total. The Morgan fingerprint density at radius 1 is 1.26 bits per heavy atom. The Morgan fingerprint density at radius 2 is 1.93 bits per heavy atom. The molecule has 138 valence electrons. The van der Waals surface area contributed by atoms with Crippen molar-refractivity contribution in [2.45, 2.75) is 11.3 Å². The Bertz CT molecular complexity index is 1110. The van der Waals surface area contributed by atoms with E-state index in [1.165, 1.54) is 18.8 Å². The molecule has 0 aliphatic heterocycles. The second kappa shape index (κ2) is 6.92. The molecule has 3 rings (SSSR count). The molecule has 3 aromatic rings. The zero-order valence-corrected chi connectivity index (χ0v) is 14.9. The summed E-state index contributed by atoms with van der Waals surface area (Å²) in [6.07, 6.45) is -2.88. The molecule has 0 radical (unpaired) electrons. The molecule has 0 aliphatic carbocycles. The van der Waals surface area contributed by atoms with E-state index in [-0.39, 0.29) is 17.0 Å². The number of aryl methyl sites for hydroxylation is 1. The predicted octanol–water partition coefficient (Wildman–Crippen LogP) is 3.45. The van der Waals surface area contributed by atoms with Gasteiger partial charge < -0.3 is 4.98 Å². The molecule has 0 atom stereocenters. The van der Waals surface area contributed by atoms with Crippen LogP contribution < -0.4 is 5.56 Å². The minimum atomic E-state index is -4.59. The van der Waals surface area contributed by atoms with E-state index in [2.05, 4.69) is 15.1 Å². The number of hydrogen-bond donors (Lipinski definition) is 1. The third-order valence-corrected chi connectivity index (χ3v) is 4.41. The van der Waals surface area contributed by atoms with Crippen molar-refractivity contribution in [2.24, 2.45) is 7.05 Å². The Hall–Kier alpha value is -3.06. The highest BCUT2D eigenvalue weighted by molar-refractivity contribution is 7.98. The van der Waals surface area contributed by atoms with Gasteiger partial charge >= 0.3 is 6.18 Å². The summed E-state index contributed by atoms with van der Waals surface area (Å²) in [5.41, 5.74) is -0.803. The largest absolute Gasteiger partial charge is 0.435 e. The number of halogens is 3. The van der Waals surface area contributed by atoms with Crippen LogP contribution in [0.25, 0.3) is 22.5 Å². The summed E-state index contributed by atoms with van der Waals surface area (Å²) in [6, 6.07) is 9.24. The highest BCUT2D eigenvalue weighted by Gasteiger charge is 2.35. The van der Waals surface area contributed by atoms with Crippen molar-refractivity contribution >= 4 is 11.8 Å². The second-order valence-corrected chi connectivity index (χ2v) is 6.29. The zero-order chi connectivity index (χ0) is 19.8. The third kappa shape index (κ3) is 3.46. The summed E-state index contributed by atoms with van der Waals surface area (Å²) >= 11 is 1.18. The first-order chi connectivity index (χ1) is 12.8. The maximum absolute atomic E-state index is 13.0. The molecule has 0 fully saturated rings. The van der Waals surface area contributed by atoms with Crippen molar-refractivity contribution in [2.75, 3.05) is 6.26 Å². The number of nitrogens with zero attached hydrogens (tertiary/aromatic N) is 4. The first-order valence-corrected chi connectivity index (χ1v) is 8.78. The normalized spacial score (nSPS) is 11.4. The van der Waals surface area contributed by atoms with Gasteiger partial charge in [-0.25, -0.2) is 4.98 Å². The van der Waals surface area contributed by atoms with E-state index in [0.717, 1.165) is 10.7 Å². The van der Waals surface area contributed by atoms with E-state index in [0.29, 0.717) is 16.3 Å². The smallest absolute Gasteiger partial charge is 0.300 e. The molecule has 0 saturated carbocycles. The summed E-state index contributed by atoms with van der Waals surface area (Å²) in [6.45, 7) is 0. The molecule has 1 aromatic carbocycles. The molecule has 0 bridgehead atoms. The highest BCUT2D eigenvalue weighted by atomic mass is 32.2. The van der Waals surface area contributed by atoms with E-state index >= 15 is 0 Å². The van der Waals surface area contributed by atoms with Crippen molar-refractivity contribution in [3.63, 3.8) is 0 Å². The van der Waals surface area contributed by atoms with Gasteiger partial charge in [0, 0.05) is 18.2 Å². The van der Waals surface area contributed by atoms with Crippen LogP contribution in [-0.2, 0) is 13.2 Å². The van der Waals surface area contributed by atoms with E-state index < -0.39 is 17.4 Å². The predicted molar refractivity (Wildman–Crippen MR) is 94.0 cm³/mol. The fourth-order valence-corrected chi connectivity index (χ4v) is 3.00. The molecular weight excluding hydrogens is 379 g/mol. The lowest BCUT2D eigenvalue weighted by atomic mass is 9.99. The number of nitriles is 1. The van der Waals surface area contributed by atoms with Crippen LogP contribution in [0.5, 0.6) is 0 Å². The van der Waals surface area contributed by atoms with E-state index in [1.807, 2.05) is 6.07 Å². The number of alkyl halides is 3. The quantitative estimate of drug-likeness (QED) is 0.546. The molecular formula is C17H12F3N5OS. The lowest BCUT2D eigenvalue weighted by Crippen LogP contribution is -2.15. The number of nitrogens with one attached hydrogen (secondary N) is 1. The van der Waals surface area contributed by atoms with Crippen molar-refractivity contribution in [3.8, 4) is 28.6 Å². The molecule has 27 heavy (non-hydrogen) atoms. The molecule has 0 aliphatic rings. The summed E-state index contributed by atoms with van der Waals surface area (Å²) in [5, 5.41) is 13.2. The van der Waals surface area contributed by atoms with Crippen LogP contribution in [0.1, 0.15) is 11.3 Å². The topological polar surface area (TPSA) is 87.4 Å². The fourth-order valence-electron chi connectivity index (χ4n) is 2.62. The first-order valence-electron chi connectivity index (χ1n) is 7.55. The minimum absolute atomic E-state index is 0.107. The standard InChI is InChI=1S/C17H12F3N5OS/c1-25-12(7-13(24-25)17(18,19)20)9-5-3-4-6-10(9)14-11(8-21)15(26)23-16(22-14)27-2/h3-7H,1-2H3,(H,22,23,26). The van der Waals surface area contributed by atoms with Crippen molar-refractivity contribution in [1.29, 1.82) is 5.26 Å². The number of thioether (sulfide) groups is 1. The number of aromatic nitrogens is 4. The molecule has 10 heteroatoms. The van der Waals surface area contributed by atoms with Gasteiger partial charge in [0.05, 0.1) is 11.4 Å². The molecule has 0 saturated heterocycles. The summed E-state index contributed by atoms with van der Waals surface area (Å²) in [4.78, 5) is 19.0. The Morgan fingerprint density at radius 3 is 2.48 bits per heavy atom. The minimum Gasteiger partial charge on any atom is -0.300 e. The van der Waals surface area contributed by atoms with Crippen LogP contribution in [-0.4, -0.2) is 26.0 Å². The van der Waals surface area contributed by atoms with Gasteiger partial charge in [0.1, 0.15) is 11.6 Å². The van der Waals surface area contributed by atoms with Gasteiger partial charge in [0.2, 0.25) is 0 Å². The average molecular weight is 391 g/mol. The number of aromatic amines is 1. The van der Waals surface area contributed by atoms with Crippen LogP contribution in [0.15, 0.2) is 40.3 Å². The second-order valence-electron chi connectivity index (χ2n) is 5.49. The molecule has 6 nitrogen and oxygen atoms in total. The zero-order valence-electron chi connectivity index (χ0n) is 14.1. The molecule has 0 amide bonds. The van der Waals surface area contributed by atoms with Gasteiger partial charge in [-0.2, -0.15) is 23.5 Å². The SMILES string of the molecule is CSc1nc(-c2ccccc2-c2cc(C(F)(F)F)nn2C)c(C#N)c(=O)[nH]1. The molecule has 0 spiro atoms. The third-order valence-electron chi connectivity index (χ3n) is 3.83. The Kier molecular flexibility index (Phi) is 4.80. The Labute approximate surface area is 155 Å². The van der Waals surface area contributed by atoms with E-state index in [4.69, 9.17) is 0 Å². The lowest BCUT2D eigenvalue weighted by molar-refractivity contribution is -0.141. The van der Waals surface area contributed by atoms with E-state index in [1.54, 1.807) is 30.5 Å². The van der Waals surface area contributed by atoms with Gasteiger partial charge in [0.25, 0.3) is 5.56 Å². The van der Waals surface area contributed by atoms with Gasteiger partial charge in [0.15, 0.2) is 10.9 Å². The van der Waals surface area contributed by atoms with Crippen molar-refractivity contribution < 1.29 is 13.2 Å². The number of hydrogen-bond acceptors (Lipinski definition) is 5. The summed E-state index contributed by atoms with van der Waals surface area (Å²) in [7, 11) is 1.39. The fraction of sp³-hybridized carbons (Fsp3) is 0.176. The Balaban J connectivity index is 2.29. The van der Waals surface area contributed by atoms with Gasteiger partial charge in [-0.05, 0) is 12.3 Å². The summed E-state index contributed by atoms with van der Waals surface area (Å²) in [5.74, 6) is 0. The van der Waals surface area contributed by atoms with Crippen LogP contribution in [0, 0.1) is 11.3 Å². The van der Waals surface area contributed by atoms with Crippen molar-refractivity contribution in [3.05, 3.63) is 51.9 Å². The summed E-state index contributed by atoms with van der Waals surface area (Å²) < 4.78 is 40.1. The lowest BCUT2D eigenvalue weighted by Gasteiger charge is -2.11. The van der Waals surface area contributed by atoms with Crippen LogP contribution in [0.4, 0.5) is 13.2 Å². The molecule has 2 aromatic heterocycles. The monoisotopic (exact) mass is 391 g/mol. The molecule has 0 unspecified atom stereocenters. The number of benzene rings is 1. The van der Waals surface area contributed by atoms with Crippen LogP contribution in [0.2, 0.25) is 0 Å². The molecule has 2 heterocycles. The van der Waals surface area contributed by atoms with Crippen molar-refractivity contribution in [1.82, 2.24) is 19.7 Å². The first kappa shape index (κ1) is 18.7. The van der Waals surface area contributed by atoms with Gasteiger partial charge in [-0.3, -0.25) is 9.48 Å². The van der Waals surface area contributed by atoms with E-state index in [9.17, 15) is 23.2 Å². The average Bonchev–Trinajstić information content (AvgIpc) is 3.03. The van der Waals surface area contributed by atoms with Crippen LogP contribution >= 0.6 is 11.8 Å². The van der Waals surface area contributed by atoms with Gasteiger partial charge in [-0.15, -0.1) is 0 Å². The highest BCUT2D eigenvalue weighted by Crippen LogP contribution is 2.36. The maximum atomic E-state index is 13.0. The van der Waals surface area contributed by atoms with Crippen LogP contribution in [0.3, 0.4) is 0 Å².